The Morgan fingerprint density at radius 2 is 1.43 bits per heavy atom. The first-order valence-electron chi connectivity index (χ1n) is 3.15. The maximum Gasteiger partial charge on any atom is 0.410 e. The van der Waals surface area contributed by atoms with E-state index in [0.717, 1.165) is 0 Å². The quantitative estimate of drug-likeness (QED) is 0.518. The van der Waals surface area contributed by atoms with Gasteiger partial charge in [0.2, 0.25) is 11.5 Å². The van der Waals surface area contributed by atoms with Gasteiger partial charge in [-0.3, -0.25) is 0 Å². The summed E-state index contributed by atoms with van der Waals surface area (Å²) in [5, 5.41) is 38.1. The molecule has 14 heavy (non-hydrogen) atoms. The minimum absolute atomic E-state index is 0.489. The zero-order valence-electron chi connectivity index (χ0n) is 6.45. The van der Waals surface area contributed by atoms with E-state index in [2.05, 4.69) is 4.98 Å². The SMILES string of the molecule is O=[N+]([O-])c1nc([N+](=O)[O-])c(O)cc1O. The van der Waals surface area contributed by atoms with Crippen molar-refractivity contribution in [1.82, 2.24) is 4.98 Å². The average Bonchev–Trinajstić information content (AvgIpc) is 2.02. The standard InChI is InChI=1S/C5H3N3O6/c9-2-1-3(10)5(8(13)14)6-4(2)7(11)12/h1,9-10H. The molecule has 0 aliphatic rings. The van der Waals surface area contributed by atoms with Crippen molar-refractivity contribution < 1.29 is 20.1 Å². The summed E-state index contributed by atoms with van der Waals surface area (Å²) in [6, 6.07) is 0.489. The molecule has 2 N–H and O–H groups in total. The van der Waals surface area contributed by atoms with Crippen LogP contribution in [0.2, 0.25) is 0 Å². The first-order valence-corrected chi connectivity index (χ1v) is 3.15. The van der Waals surface area contributed by atoms with Crippen molar-refractivity contribution in [3.63, 3.8) is 0 Å². The monoisotopic (exact) mass is 201 g/mol. The maximum absolute atomic E-state index is 10.2. The van der Waals surface area contributed by atoms with Gasteiger partial charge in [-0.05, 0) is 9.85 Å². The van der Waals surface area contributed by atoms with Crippen molar-refractivity contribution in [1.29, 1.82) is 0 Å². The Morgan fingerprint density at radius 3 is 1.71 bits per heavy atom. The highest BCUT2D eigenvalue weighted by Gasteiger charge is 2.25. The molecule has 0 atom stereocenters. The molecule has 0 radical (unpaired) electrons. The summed E-state index contributed by atoms with van der Waals surface area (Å²) in [7, 11) is 0. The van der Waals surface area contributed by atoms with E-state index in [4.69, 9.17) is 10.2 Å². The van der Waals surface area contributed by atoms with Crippen LogP contribution in [0.25, 0.3) is 0 Å². The lowest BCUT2D eigenvalue weighted by molar-refractivity contribution is -0.404. The average molecular weight is 201 g/mol. The summed E-state index contributed by atoms with van der Waals surface area (Å²) >= 11 is 0. The van der Waals surface area contributed by atoms with Crippen molar-refractivity contribution in [3.05, 3.63) is 26.3 Å². The van der Waals surface area contributed by atoms with Gasteiger partial charge in [0, 0.05) is 11.1 Å². The van der Waals surface area contributed by atoms with Crippen LogP contribution in [0.3, 0.4) is 0 Å². The summed E-state index contributed by atoms with van der Waals surface area (Å²) in [5.74, 6) is -4.01. The van der Waals surface area contributed by atoms with E-state index in [0.29, 0.717) is 6.07 Å². The second kappa shape index (κ2) is 3.12. The second-order valence-corrected chi connectivity index (χ2v) is 2.19. The van der Waals surface area contributed by atoms with Gasteiger partial charge < -0.3 is 30.4 Å². The van der Waals surface area contributed by atoms with Crippen molar-refractivity contribution >= 4 is 11.6 Å². The molecule has 0 saturated carbocycles. The first kappa shape index (κ1) is 9.64. The number of hydrogen-bond acceptors (Lipinski definition) is 7. The lowest BCUT2D eigenvalue weighted by Crippen LogP contribution is -1.98. The molecule has 9 heteroatoms. The van der Waals surface area contributed by atoms with Gasteiger partial charge in [0.25, 0.3) is 0 Å². The summed E-state index contributed by atoms with van der Waals surface area (Å²) in [6.07, 6.45) is 0. The normalized spacial score (nSPS) is 9.71. The van der Waals surface area contributed by atoms with Crippen molar-refractivity contribution in [2.24, 2.45) is 0 Å². The van der Waals surface area contributed by atoms with E-state index < -0.39 is 33.0 Å². The highest BCUT2D eigenvalue weighted by molar-refractivity contribution is 5.51. The molecule has 0 amide bonds. The van der Waals surface area contributed by atoms with E-state index in [-0.39, 0.29) is 0 Å². The molecule has 1 rings (SSSR count). The molecular weight excluding hydrogens is 198 g/mol. The molecule has 0 aromatic carbocycles. The van der Waals surface area contributed by atoms with Gasteiger partial charge in [0.15, 0.2) is 0 Å². The van der Waals surface area contributed by atoms with Crippen LogP contribution in [0.4, 0.5) is 11.6 Å². The molecular formula is C5H3N3O6. The third-order valence-corrected chi connectivity index (χ3v) is 1.29. The molecule has 0 saturated heterocycles. The summed E-state index contributed by atoms with van der Waals surface area (Å²) in [6.45, 7) is 0. The third kappa shape index (κ3) is 1.50. The zero-order chi connectivity index (χ0) is 10.9. The van der Waals surface area contributed by atoms with E-state index >= 15 is 0 Å². The number of aromatic hydroxyl groups is 2. The number of nitro groups is 2. The van der Waals surface area contributed by atoms with Gasteiger partial charge in [0.1, 0.15) is 0 Å². The number of rotatable bonds is 2. The van der Waals surface area contributed by atoms with Crippen molar-refractivity contribution in [3.8, 4) is 11.5 Å². The Balaban J connectivity index is 3.42. The molecule has 9 nitrogen and oxygen atoms in total. The predicted octanol–water partition coefficient (Wildman–Crippen LogP) is 0.309. The Bertz CT molecular complexity index is 381. The maximum atomic E-state index is 10.2. The topological polar surface area (TPSA) is 140 Å². The Kier molecular flexibility index (Phi) is 2.15. The van der Waals surface area contributed by atoms with Crippen LogP contribution in [0.1, 0.15) is 0 Å². The van der Waals surface area contributed by atoms with E-state index in [9.17, 15) is 20.2 Å². The molecule has 0 aliphatic heterocycles. The molecule has 0 unspecified atom stereocenters. The minimum atomic E-state index is -1.10. The highest BCUT2D eigenvalue weighted by Crippen LogP contribution is 2.33. The molecule has 1 aromatic heterocycles. The molecule has 1 heterocycles. The van der Waals surface area contributed by atoms with Crippen molar-refractivity contribution in [2.45, 2.75) is 0 Å². The third-order valence-electron chi connectivity index (χ3n) is 1.29. The van der Waals surface area contributed by atoms with E-state index in [1.54, 1.807) is 0 Å². The molecule has 0 spiro atoms. The van der Waals surface area contributed by atoms with Crippen LogP contribution in [0, 0.1) is 20.2 Å². The van der Waals surface area contributed by atoms with Crippen LogP contribution in [-0.4, -0.2) is 25.0 Å². The number of pyridine rings is 1. The van der Waals surface area contributed by atoms with Crippen LogP contribution >= 0.6 is 0 Å². The summed E-state index contributed by atoms with van der Waals surface area (Å²) in [5.41, 5.74) is 0. The molecule has 74 valence electrons. The van der Waals surface area contributed by atoms with Crippen LogP contribution in [0.5, 0.6) is 11.5 Å². The highest BCUT2D eigenvalue weighted by atomic mass is 16.6. The predicted molar refractivity (Wildman–Crippen MR) is 40.9 cm³/mol. The van der Waals surface area contributed by atoms with Gasteiger partial charge >= 0.3 is 11.6 Å². The fourth-order valence-electron chi connectivity index (χ4n) is 0.742. The largest absolute Gasteiger partial charge is 0.501 e. The van der Waals surface area contributed by atoms with Gasteiger partial charge in [-0.15, -0.1) is 0 Å². The fraction of sp³-hybridized carbons (Fsp3) is 0. The van der Waals surface area contributed by atoms with E-state index in [1.165, 1.54) is 0 Å². The first-order chi connectivity index (χ1) is 6.43. The molecule has 1 aromatic rings. The number of aromatic nitrogens is 1. The van der Waals surface area contributed by atoms with E-state index in [1.807, 2.05) is 0 Å². The van der Waals surface area contributed by atoms with Gasteiger partial charge in [-0.1, -0.05) is 0 Å². The zero-order valence-corrected chi connectivity index (χ0v) is 6.45. The van der Waals surface area contributed by atoms with Gasteiger partial charge in [-0.25, -0.2) is 0 Å². The van der Waals surface area contributed by atoms with Crippen LogP contribution in [0.15, 0.2) is 6.07 Å². The number of nitrogens with zero attached hydrogens (tertiary/aromatic N) is 3. The molecule has 0 bridgehead atoms. The second-order valence-electron chi connectivity index (χ2n) is 2.19. The fourth-order valence-corrected chi connectivity index (χ4v) is 0.742. The molecule has 0 fully saturated rings. The lowest BCUT2D eigenvalue weighted by atomic mass is 10.4. The smallest absolute Gasteiger partial charge is 0.410 e. The Labute approximate surface area is 75.5 Å². The lowest BCUT2D eigenvalue weighted by Gasteiger charge is -1.98. The summed E-state index contributed by atoms with van der Waals surface area (Å²) < 4.78 is 0. The minimum Gasteiger partial charge on any atom is -0.501 e. The Morgan fingerprint density at radius 1 is 1.07 bits per heavy atom. The number of hydrogen-bond donors (Lipinski definition) is 2. The van der Waals surface area contributed by atoms with Gasteiger partial charge in [-0.2, -0.15) is 0 Å². The summed E-state index contributed by atoms with van der Waals surface area (Å²) in [4.78, 5) is 21.1. The molecule has 0 aliphatic carbocycles. The van der Waals surface area contributed by atoms with Crippen LogP contribution in [-0.2, 0) is 0 Å². The van der Waals surface area contributed by atoms with Gasteiger partial charge in [0.05, 0.1) is 0 Å². The Hall–Kier alpha value is -2.45. The van der Waals surface area contributed by atoms with Crippen molar-refractivity contribution in [2.75, 3.05) is 0 Å². The van der Waals surface area contributed by atoms with Crippen LogP contribution < -0.4 is 0 Å².